The zero-order chi connectivity index (χ0) is 23.4. The molecule has 3 aromatic rings. The number of hydrazone groups is 1. The molecule has 1 atom stereocenters. The minimum atomic E-state index is -0.426. The molecule has 4 N–H and O–H groups in total. The molecule has 1 fully saturated rings. The summed E-state index contributed by atoms with van der Waals surface area (Å²) in [5, 5.41) is 13.7. The van der Waals surface area contributed by atoms with Crippen LogP contribution in [0.5, 0.6) is 0 Å². The van der Waals surface area contributed by atoms with Gasteiger partial charge in [-0.1, -0.05) is 0 Å². The van der Waals surface area contributed by atoms with E-state index in [-0.39, 0.29) is 29.8 Å². The fourth-order valence-corrected chi connectivity index (χ4v) is 3.99. The summed E-state index contributed by atoms with van der Waals surface area (Å²) in [5.74, 6) is 4.94. The van der Waals surface area contributed by atoms with E-state index in [1.165, 1.54) is 30.5 Å². The lowest BCUT2D eigenvalue weighted by molar-refractivity contribution is 0.0503. The van der Waals surface area contributed by atoms with Crippen molar-refractivity contribution in [3.63, 3.8) is 0 Å². The van der Waals surface area contributed by atoms with E-state index < -0.39 is 11.4 Å². The lowest BCUT2D eigenvalue weighted by Gasteiger charge is -2.34. The number of rotatable bonds is 5. The van der Waals surface area contributed by atoms with Gasteiger partial charge in [0.15, 0.2) is 0 Å². The van der Waals surface area contributed by atoms with Gasteiger partial charge in [-0.05, 0) is 67.8 Å². The number of aliphatic hydroxyl groups excluding tert-OH is 1. The first-order valence-electron chi connectivity index (χ1n) is 10.7. The van der Waals surface area contributed by atoms with Gasteiger partial charge in [0.25, 0.3) is 11.5 Å². The topological polar surface area (TPSA) is 124 Å². The number of nitrogens with zero attached hydrogens (tertiary/aromatic N) is 3. The van der Waals surface area contributed by atoms with Crippen LogP contribution in [0.25, 0.3) is 10.9 Å². The Kier molecular flexibility index (Phi) is 6.60. The lowest BCUT2D eigenvalue weighted by atomic mass is 10.0. The number of carbonyl (C=O) groups is 1. The third-order valence-electron chi connectivity index (χ3n) is 5.77. The summed E-state index contributed by atoms with van der Waals surface area (Å²) < 4.78 is 13.6. The molecular formula is C24H24FN5O3. The molecule has 9 heteroatoms. The minimum absolute atomic E-state index is 0.0458. The van der Waals surface area contributed by atoms with Gasteiger partial charge in [-0.3, -0.25) is 14.6 Å². The molecular weight excluding hydrogens is 425 g/mol. The van der Waals surface area contributed by atoms with Crippen LogP contribution in [0.15, 0.2) is 63.4 Å². The van der Waals surface area contributed by atoms with Crippen LogP contribution in [-0.2, 0) is 0 Å². The van der Waals surface area contributed by atoms with Crippen molar-refractivity contribution >= 4 is 34.4 Å². The Morgan fingerprint density at radius 3 is 2.73 bits per heavy atom. The number of aromatic nitrogens is 1. The number of nitrogens with two attached hydrogens (primary N) is 1. The van der Waals surface area contributed by atoms with Gasteiger partial charge in [0.05, 0.1) is 30.1 Å². The summed E-state index contributed by atoms with van der Waals surface area (Å²) in [7, 11) is 0. The number of halogens is 1. The van der Waals surface area contributed by atoms with E-state index >= 15 is 0 Å². The van der Waals surface area contributed by atoms with Crippen molar-refractivity contribution < 1.29 is 14.3 Å². The van der Waals surface area contributed by atoms with Crippen LogP contribution in [0.3, 0.4) is 0 Å². The van der Waals surface area contributed by atoms with E-state index in [0.717, 1.165) is 19.3 Å². The van der Waals surface area contributed by atoms with E-state index in [1.54, 1.807) is 29.2 Å². The van der Waals surface area contributed by atoms with Crippen molar-refractivity contribution in [1.29, 1.82) is 0 Å². The van der Waals surface area contributed by atoms with Gasteiger partial charge in [-0.2, -0.15) is 5.10 Å². The highest BCUT2D eigenvalue weighted by atomic mass is 19.1. The number of aromatic amines is 1. The molecule has 4 rings (SSSR count). The van der Waals surface area contributed by atoms with Crippen LogP contribution in [0.2, 0.25) is 0 Å². The number of pyridine rings is 1. The molecule has 1 aliphatic rings. The van der Waals surface area contributed by atoms with Gasteiger partial charge in [0, 0.05) is 23.0 Å². The van der Waals surface area contributed by atoms with Crippen LogP contribution in [0, 0.1) is 5.82 Å². The first kappa shape index (κ1) is 22.3. The van der Waals surface area contributed by atoms with Crippen molar-refractivity contribution in [2.75, 3.05) is 13.2 Å². The van der Waals surface area contributed by atoms with Crippen LogP contribution in [0.1, 0.15) is 35.2 Å². The largest absolute Gasteiger partial charge is 0.394 e. The quantitative estimate of drug-likeness (QED) is 0.315. The molecule has 0 radical (unpaired) electrons. The van der Waals surface area contributed by atoms with Gasteiger partial charge in [0.2, 0.25) is 0 Å². The summed E-state index contributed by atoms with van der Waals surface area (Å²) in [4.78, 5) is 34.0. The number of fused-ring (bicyclic) bond motifs is 1. The van der Waals surface area contributed by atoms with Crippen molar-refractivity contribution in [2.45, 2.75) is 25.3 Å². The van der Waals surface area contributed by atoms with Crippen LogP contribution >= 0.6 is 0 Å². The molecule has 0 spiro atoms. The zero-order valence-corrected chi connectivity index (χ0v) is 17.9. The number of H-pyrrole nitrogens is 1. The second-order valence-corrected chi connectivity index (χ2v) is 7.89. The molecule has 1 aliphatic heterocycles. The highest BCUT2D eigenvalue weighted by molar-refractivity contribution is 6.38. The second kappa shape index (κ2) is 9.74. The molecule has 1 saturated heterocycles. The summed E-state index contributed by atoms with van der Waals surface area (Å²) in [6.07, 6.45) is 4.07. The normalized spacial score (nSPS) is 17.1. The number of carbonyl (C=O) groups excluding carboxylic acids is 1. The molecule has 1 unspecified atom stereocenters. The fraction of sp³-hybridized carbons (Fsp3) is 0.250. The number of amides is 1. The molecule has 0 aliphatic carbocycles. The van der Waals surface area contributed by atoms with Crippen LogP contribution < -0.4 is 11.4 Å². The second-order valence-electron chi connectivity index (χ2n) is 7.89. The maximum absolute atomic E-state index is 13.6. The average molecular weight is 449 g/mol. The smallest absolute Gasteiger partial charge is 0.258 e. The Balaban J connectivity index is 1.54. The number of nitrogens with one attached hydrogen (secondary N) is 1. The van der Waals surface area contributed by atoms with Crippen LogP contribution in [-0.4, -0.2) is 52.0 Å². The van der Waals surface area contributed by atoms with E-state index in [1.807, 2.05) is 0 Å². The number of benzene rings is 2. The molecule has 0 saturated carbocycles. The Morgan fingerprint density at radius 2 is 2.00 bits per heavy atom. The van der Waals surface area contributed by atoms with Crippen LogP contribution in [0.4, 0.5) is 10.1 Å². The van der Waals surface area contributed by atoms with E-state index in [0.29, 0.717) is 28.7 Å². The number of likely N-dealkylation sites (tertiary alicyclic amines) is 1. The monoisotopic (exact) mass is 449 g/mol. The number of piperidine rings is 1. The summed E-state index contributed by atoms with van der Waals surface area (Å²) in [6.45, 7) is 0.584. The third kappa shape index (κ3) is 4.83. The molecule has 33 heavy (non-hydrogen) atoms. The molecule has 1 aromatic heterocycles. The summed E-state index contributed by atoms with van der Waals surface area (Å²) >= 11 is 0. The molecule has 8 nitrogen and oxygen atoms in total. The van der Waals surface area contributed by atoms with Crippen molar-refractivity contribution in [3.05, 3.63) is 75.8 Å². The van der Waals surface area contributed by atoms with E-state index in [2.05, 4.69) is 15.1 Å². The minimum Gasteiger partial charge on any atom is -0.394 e. The predicted molar refractivity (Wildman–Crippen MR) is 126 cm³/mol. The highest BCUT2D eigenvalue weighted by Gasteiger charge is 2.26. The molecule has 2 heterocycles. The zero-order valence-electron chi connectivity index (χ0n) is 17.9. The maximum Gasteiger partial charge on any atom is 0.258 e. The van der Waals surface area contributed by atoms with Crippen molar-refractivity contribution in [2.24, 2.45) is 15.9 Å². The Morgan fingerprint density at radius 1 is 1.21 bits per heavy atom. The van der Waals surface area contributed by atoms with E-state index in [9.17, 15) is 19.1 Å². The number of aliphatic imine (C=N–C) groups is 1. The number of hydrogen-bond donors (Lipinski definition) is 3. The van der Waals surface area contributed by atoms with Gasteiger partial charge in [-0.25, -0.2) is 4.39 Å². The predicted octanol–water partition coefficient (Wildman–Crippen LogP) is 2.72. The van der Waals surface area contributed by atoms with E-state index in [4.69, 9.17) is 5.84 Å². The SMILES string of the molecule is NN=C(C=Nc1ccc(C(=O)N2CCCCC2CO)cc1)c1cc2cc(F)ccc2[nH]c1=O. The van der Waals surface area contributed by atoms with Gasteiger partial charge >= 0.3 is 0 Å². The Hall–Kier alpha value is -3.85. The maximum atomic E-state index is 13.6. The van der Waals surface area contributed by atoms with Gasteiger partial charge in [0.1, 0.15) is 11.5 Å². The van der Waals surface area contributed by atoms with Crippen molar-refractivity contribution in [3.8, 4) is 0 Å². The molecule has 2 aromatic carbocycles. The van der Waals surface area contributed by atoms with Crippen molar-refractivity contribution in [1.82, 2.24) is 9.88 Å². The Bertz CT molecular complexity index is 1280. The number of hydrogen-bond acceptors (Lipinski definition) is 6. The van der Waals surface area contributed by atoms with Gasteiger partial charge in [-0.15, -0.1) is 0 Å². The lowest BCUT2D eigenvalue weighted by Crippen LogP contribution is -2.45. The summed E-state index contributed by atoms with van der Waals surface area (Å²) in [6, 6.07) is 12.1. The molecule has 0 bridgehead atoms. The Labute approximate surface area is 189 Å². The van der Waals surface area contributed by atoms with Gasteiger partial charge < -0.3 is 20.8 Å². The average Bonchev–Trinajstić information content (AvgIpc) is 2.84. The number of aliphatic hydroxyl groups is 1. The summed E-state index contributed by atoms with van der Waals surface area (Å²) in [5.41, 5.74) is 1.40. The third-order valence-corrected chi connectivity index (χ3v) is 5.77. The molecule has 170 valence electrons. The standard InChI is InChI=1S/C24H24FN5O3/c25-17-6-9-21-16(11-17)12-20(23(32)28-21)22(29-26)13-27-18-7-4-15(5-8-18)24(33)30-10-2-1-3-19(30)14-31/h4-9,11-13,19,31H,1-3,10,14,26H2,(H,28,32). The molecule has 1 amide bonds. The fourth-order valence-electron chi connectivity index (χ4n) is 3.99. The highest BCUT2D eigenvalue weighted by Crippen LogP contribution is 2.21. The first-order valence-corrected chi connectivity index (χ1v) is 10.7. The first-order chi connectivity index (χ1) is 16.0.